The van der Waals surface area contributed by atoms with E-state index in [1.54, 1.807) is 43.2 Å². The molecule has 1 aromatic carbocycles. The second-order valence-electron chi connectivity index (χ2n) is 4.65. The number of hydrogen-bond acceptors (Lipinski definition) is 4. The van der Waals surface area contributed by atoms with Crippen molar-refractivity contribution in [1.29, 1.82) is 0 Å². The molecule has 21 heavy (non-hydrogen) atoms. The molecule has 112 valence electrons. The van der Waals surface area contributed by atoms with Crippen LogP contribution in [0, 0.1) is 0 Å². The minimum atomic E-state index is -3.65. The van der Waals surface area contributed by atoms with E-state index in [0.717, 1.165) is 5.56 Å². The highest BCUT2D eigenvalue weighted by Crippen LogP contribution is 2.13. The van der Waals surface area contributed by atoms with Crippen LogP contribution in [0.5, 0.6) is 0 Å². The molecular weight excluding hydrogens is 290 g/mol. The summed E-state index contributed by atoms with van der Waals surface area (Å²) in [5, 5.41) is 3.98. The third-order valence-electron chi connectivity index (χ3n) is 3.01. The SMILES string of the molecule is CCC(=O)c1cccc(S(=O)(=O)NCc2cnn(C)c2)c1. The fourth-order valence-electron chi connectivity index (χ4n) is 1.87. The number of benzene rings is 1. The number of rotatable bonds is 6. The normalized spacial score (nSPS) is 11.5. The lowest BCUT2D eigenvalue weighted by Gasteiger charge is -2.07. The molecule has 6 nitrogen and oxygen atoms in total. The van der Waals surface area contributed by atoms with Crippen molar-refractivity contribution in [1.82, 2.24) is 14.5 Å². The number of hydrogen-bond donors (Lipinski definition) is 1. The summed E-state index contributed by atoms with van der Waals surface area (Å²) in [7, 11) is -1.89. The van der Waals surface area contributed by atoms with Gasteiger partial charge in [0.15, 0.2) is 5.78 Å². The van der Waals surface area contributed by atoms with Crippen LogP contribution in [0.4, 0.5) is 0 Å². The molecule has 0 spiro atoms. The van der Waals surface area contributed by atoms with Crippen molar-refractivity contribution in [2.75, 3.05) is 0 Å². The van der Waals surface area contributed by atoms with E-state index in [0.29, 0.717) is 12.0 Å². The summed E-state index contributed by atoms with van der Waals surface area (Å²) in [6.07, 6.45) is 3.67. The largest absolute Gasteiger partial charge is 0.294 e. The van der Waals surface area contributed by atoms with Gasteiger partial charge >= 0.3 is 0 Å². The molecule has 1 heterocycles. The number of nitrogens with zero attached hydrogens (tertiary/aromatic N) is 2. The number of sulfonamides is 1. The molecule has 0 unspecified atom stereocenters. The maximum Gasteiger partial charge on any atom is 0.240 e. The third-order valence-corrected chi connectivity index (χ3v) is 4.41. The maximum atomic E-state index is 12.2. The van der Waals surface area contributed by atoms with E-state index in [4.69, 9.17) is 0 Å². The molecule has 0 fully saturated rings. The van der Waals surface area contributed by atoms with E-state index in [1.165, 1.54) is 12.1 Å². The van der Waals surface area contributed by atoms with Gasteiger partial charge in [-0.3, -0.25) is 9.48 Å². The average molecular weight is 307 g/mol. The zero-order valence-electron chi connectivity index (χ0n) is 11.9. The Kier molecular flexibility index (Phi) is 4.54. The summed E-state index contributed by atoms with van der Waals surface area (Å²) in [4.78, 5) is 11.7. The minimum Gasteiger partial charge on any atom is -0.294 e. The molecular formula is C14H17N3O3S. The standard InChI is InChI=1S/C14H17N3O3S/c1-3-14(18)12-5-4-6-13(7-12)21(19,20)16-9-11-8-15-17(2)10-11/h4-8,10,16H,3,9H2,1-2H3. The highest BCUT2D eigenvalue weighted by molar-refractivity contribution is 7.89. The molecule has 0 saturated heterocycles. The molecule has 0 bridgehead atoms. The molecule has 1 aromatic heterocycles. The molecule has 0 aliphatic rings. The van der Waals surface area contributed by atoms with Gasteiger partial charge in [-0.2, -0.15) is 5.10 Å². The van der Waals surface area contributed by atoms with E-state index in [2.05, 4.69) is 9.82 Å². The Balaban J connectivity index is 2.17. The summed E-state index contributed by atoms with van der Waals surface area (Å²) in [5.41, 5.74) is 1.17. The first-order valence-electron chi connectivity index (χ1n) is 6.53. The number of nitrogens with one attached hydrogen (secondary N) is 1. The van der Waals surface area contributed by atoms with E-state index < -0.39 is 10.0 Å². The number of aryl methyl sites for hydroxylation is 1. The number of aromatic nitrogens is 2. The first kappa shape index (κ1) is 15.4. The van der Waals surface area contributed by atoms with E-state index in [9.17, 15) is 13.2 Å². The molecule has 0 atom stereocenters. The Labute approximate surface area is 123 Å². The third kappa shape index (κ3) is 3.77. The second-order valence-corrected chi connectivity index (χ2v) is 6.42. The molecule has 0 aliphatic carbocycles. The van der Waals surface area contributed by atoms with Crippen LogP contribution >= 0.6 is 0 Å². The van der Waals surface area contributed by atoms with Crippen LogP contribution in [0.3, 0.4) is 0 Å². The zero-order chi connectivity index (χ0) is 15.5. The molecule has 1 N–H and O–H groups in total. The highest BCUT2D eigenvalue weighted by atomic mass is 32.2. The number of ketones is 1. The van der Waals surface area contributed by atoms with Gasteiger partial charge in [0.05, 0.1) is 11.1 Å². The summed E-state index contributed by atoms with van der Waals surface area (Å²) in [6, 6.07) is 6.06. The first-order valence-corrected chi connectivity index (χ1v) is 8.01. The molecule has 2 rings (SSSR count). The van der Waals surface area contributed by atoms with Crippen LogP contribution in [0.25, 0.3) is 0 Å². The molecule has 7 heteroatoms. The zero-order valence-corrected chi connectivity index (χ0v) is 12.7. The van der Waals surface area contributed by atoms with Gasteiger partial charge in [0.25, 0.3) is 0 Å². The number of carbonyl (C=O) groups excluding carboxylic acids is 1. The van der Waals surface area contributed by atoms with Crippen molar-refractivity contribution < 1.29 is 13.2 Å². The number of carbonyl (C=O) groups is 1. The van der Waals surface area contributed by atoms with Crippen LogP contribution in [0.15, 0.2) is 41.6 Å². The van der Waals surface area contributed by atoms with Gasteiger partial charge in [0.1, 0.15) is 0 Å². The van der Waals surface area contributed by atoms with Gasteiger partial charge in [-0.25, -0.2) is 13.1 Å². The predicted octanol–water partition coefficient (Wildman–Crippen LogP) is 1.49. The fraction of sp³-hybridized carbons (Fsp3) is 0.286. The predicted molar refractivity (Wildman–Crippen MR) is 78.3 cm³/mol. The fourth-order valence-corrected chi connectivity index (χ4v) is 2.93. The maximum absolute atomic E-state index is 12.2. The Morgan fingerprint density at radius 3 is 2.76 bits per heavy atom. The van der Waals surface area contributed by atoms with Crippen LogP contribution in [-0.4, -0.2) is 24.0 Å². The van der Waals surface area contributed by atoms with Crippen LogP contribution < -0.4 is 4.72 Å². The van der Waals surface area contributed by atoms with E-state index >= 15 is 0 Å². The van der Waals surface area contributed by atoms with Gasteiger partial charge < -0.3 is 0 Å². The van der Waals surface area contributed by atoms with Crippen molar-refractivity contribution in [2.45, 2.75) is 24.8 Å². The van der Waals surface area contributed by atoms with Gasteiger partial charge in [-0.05, 0) is 12.1 Å². The molecule has 0 aliphatic heterocycles. The lowest BCUT2D eigenvalue weighted by Crippen LogP contribution is -2.23. The lowest BCUT2D eigenvalue weighted by molar-refractivity contribution is 0.0988. The Hall–Kier alpha value is -1.99. The van der Waals surface area contributed by atoms with Crippen LogP contribution in [-0.2, 0) is 23.6 Å². The summed E-state index contributed by atoms with van der Waals surface area (Å²) >= 11 is 0. The average Bonchev–Trinajstić information content (AvgIpc) is 2.90. The van der Waals surface area contributed by atoms with Gasteiger partial charge in [-0.15, -0.1) is 0 Å². The van der Waals surface area contributed by atoms with Crippen molar-refractivity contribution in [3.05, 3.63) is 47.8 Å². The van der Waals surface area contributed by atoms with Crippen molar-refractivity contribution in [2.24, 2.45) is 7.05 Å². The van der Waals surface area contributed by atoms with Crippen molar-refractivity contribution in [3.63, 3.8) is 0 Å². The smallest absolute Gasteiger partial charge is 0.240 e. The summed E-state index contributed by atoms with van der Waals surface area (Å²) in [6.45, 7) is 1.90. The topological polar surface area (TPSA) is 81.1 Å². The molecule has 0 saturated carbocycles. The quantitative estimate of drug-likeness (QED) is 0.820. The first-order chi connectivity index (χ1) is 9.92. The summed E-state index contributed by atoms with van der Waals surface area (Å²) < 4.78 is 28.5. The second kappa shape index (κ2) is 6.19. The van der Waals surface area contributed by atoms with Crippen molar-refractivity contribution in [3.8, 4) is 0 Å². The Morgan fingerprint density at radius 1 is 1.38 bits per heavy atom. The minimum absolute atomic E-state index is 0.0840. The monoisotopic (exact) mass is 307 g/mol. The molecule has 0 radical (unpaired) electrons. The Morgan fingerprint density at radius 2 is 2.14 bits per heavy atom. The van der Waals surface area contributed by atoms with E-state index in [1.807, 2.05) is 0 Å². The Bertz CT molecular complexity index is 750. The summed E-state index contributed by atoms with van der Waals surface area (Å²) in [5.74, 6) is -0.0840. The highest BCUT2D eigenvalue weighted by Gasteiger charge is 2.15. The van der Waals surface area contributed by atoms with Crippen LogP contribution in [0.1, 0.15) is 29.3 Å². The van der Waals surface area contributed by atoms with Crippen molar-refractivity contribution >= 4 is 15.8 Å². The van der Waals surface area contributed by atoms with Gasteiger partial charge in [0.2, 0.25) is 10.0 Å². The number of Topliss-reactive ketones (excluding diaryl/α,β-unsaturated/α-hetero) is 1. The molecule has 0 amide bonds. The lowest BCUT2D eigenvalue weighted by atomic mass is 10.1. The molecule has 2 aromatic rings. The van der Waals surface area contributed by atoms with Gasteiger partial charge in [0, 0.05) is 37.3 Å². The van der Waals surface area contributed by atoms with E-state index in [-0.39, 0.29) is 17.2 Å². The van der Waals surface area contributed by atoms with Gasteiger partial charge in [-0.1, -0.05) is 19.1 Å². The van der Waals surface area contributed by atoms with Crippen LogP contribution in [0.2, 0.25) is 0 Å².